The number of nitrogens with one attached hydrogen (secondary N) is 2. The lowest BCUT2D eigenvalue weighted by Gasteiger charge is -2.22. The molecule has 0 amide bonds. The van der Waals surface area contributed by atoms with Crippen LogP contribution in [0.1, 0.15) is 41.9 Å². The van der Waals surface area contributed by atoms with Crippen molar-refractivity contribution in [2.75, 3.05) is 17.2 Å². The van der Waals surface area contributed by atoms with E-state index in [1.165, 1.54) is 16.9 Å². The minimum Gasteiger partial charge on any atom is -0.396 e. The first-order valence-corrected chi connectivity index (χ1v) is 13.2. The summed E-state index contributed by atoms with van der Waals surface area (Å²) in [5.41, 5.74) is 5.48. The van der Waals surface area contributed by atoms with E-state index in [1.807, 2.05) is 19.9 Å². The first kappa shape index (κ1) is 28.1. The van der Waals surface area contributed by atoms with Crippen molar-refractivity contribution in [3.8, 4) is 10.6 Å². The van der Waals surface area contributed by atoms with Crippen molar-refractivity contribution in [2.45, 2.75) is 58.4 Å². The Balaban J connectivity index is 0.00000336. The monoisotopic (exact) mass is 556 g/mol. The summed E-state index contributed by atoms with van der Waals surface area (Å²) in [4.78, 5) is 18.7. The molecule has 1 aliphatic rings. The molecule has 1 saturated carbocycles. The van der Waals surface area contributed by atoms with Crippen molar-refractivity contribution >= 4 is 45.7 Å². The number of aliphatic hydroxyl groups is 3. The molecular weight excluding hydrogens is 524 g/mol. The Morgan fingerprint density at radius 2 is 1.79 bits per heavy atom. The van der Waals surface area contributed by atoms with E-state index in [1.54, 1.807) is 6.20 Å². The largest absolute Gasteiger partial charge is 0.396 e. The molecule has 202 valence electrons. The molecule has 38 heavy (non-hydrogen) atoms. The van der Waals surface area contributed by atoms with Gasteiger partial charge >= 0.3 is 0 Å². The predicted molar refractivity (Wildman–Crippen MR) is 153 cm³/mol. The molecule has 3 aromatic heterocycles. The number of aryl methyl sites for hydroxylation is 3. The van der Waals surface area contributed by atoms with Gasteiger partial charge in [0.2, 0.25) is 5.95 Å². The minimum absolute atomic E-state index is 0. The van der Waals surface area contributed by atoms with E-state index in [0.717, 1.165) is 37.7 Å². The second-order valence-electron chi connectivity index (χ2n) is 9.86. The van der Waals surface area contributed by atoms with Crippen molar-refractivity contribution < 1.29 is 15.3 Å². The van der Waals surface area contributed by atoms with Crippen LogP contribution in [-0.2, 0) is 0 Å². The highest BCUT2D eigenvalue weighted by atomic mass is 35.5. The number of aliphatic hydroxyl groups excluding tert-OH is 3. The number of nitrogens with zero attached hydrogens (tertiary/aromatic N) is 4. The Bertz CT molecular complexity index is 1420. The van der Waals surface area contributed by atoms with Gasteiger partial charge in [0.15, 0.2) is 0 Å². The lowest BCUT2D eigenvalue weighted by Crippen LogP contribution is -2.35. The van der Waals surface area contributed by atoms with Gasteiger partial charge in [-0.3, -0.25) is 4.98 Å². The fraction of sp³-hybridized carbons (Fsp3) is 0.407. The maximum Gasteiger partial charge on any atom is 0.225 e. The molecule has 11 heteroatoms. The zero-order valence-electron chi connectivity index (χ0n) is 21.7. The van der Waals surface area contributed by atoms with Gasteiger partial charge in [-0.2, -0.15) is 4.98 Å². The number of rotatable bonds is 7. The summed E-state index contributed by atoms with van der Waals surface area (Å²) in [5.74, 6) is 0.557. The Labute approximate surface area is 231 Å². The van der Waals surface area contributed by atoms with Crippen LogP contribution in [0.25, 0.3) is 20.8 Å². The molecule has 1 aromatic carbocycles. The van der Waals surface area contributed by atoms with Gasteiger partial charge in [-0.1, -0.05) is 29.8 Å². The lowest BCUT2D eigenvalue weighted by molar-refractivity contribution is 0.00446. The van der Waals surface area contributed by atoms with E-state index >= 15 is 0 Å². The summed E-state index contributed by atoms with van der Waals surface area (Å²) in [6, 6.07) is 9.79. The van der Waals surface area contributed by atoms with E-state index < -0.39 is 24.2 Å². The molecule has 9 nitrogen and oxygen atoms in total. The third-order valence-electron chi connectivity index (χ3n) is 7.00. The number of fused-ring (bicyclic) bond motifs is 1. The van der Waals surface area contributed by atoms with Crippen LogP contribution in [0, 0.1) is 26.7 Å². The highest BCUT2D eigenvalue weighted by Gasteiger charge is 2.41. The van der Waals surface area contributed by atoms with E-state index in [-0.39, 0.29) is 25.1 Å². The van der Waals surface area contributed by atoms with Gasteiger partial charge in [-0.05, 0) is 45.7 Å². The molecule has 1 aliphatic carbocycles. The molecule has 0 unspecified atom stereocenters. The Hall–Kier alpha value is -2.89. The highest BCUT2D eigenvalue weighted by Crippen LogP contribution is 2.38. The van der Waals surface area contributed by atoms with Crippen molar-refractivity contribution in [1.82, 2.24) is 19.9 Å². The SMILES string of the molecule is Cc1ccc([C@@H](C)Nc2nc(C)c(-c3nc4cnc(C)cc4s3)c(N[C@@H]3C[C@H](CO)[C@@H](O)[C@H]3O)n2)cc1.Cl. The van der Waals surface area contributed by atoms with Crippen LogP contribution in [0.5, 0.6) is 0 Å². The highest BCUT2D eigenvalue weighted by molar-refractivity contribution is 7.21. The first-order valence-electron chi connectivity index (χ1n) is 12.4. The van der Waals surface area contributed by atoms with E-state index in [2.05, 4.69) is 53.7 Å². The van der Waals surface area contributed by atoms with E-state index in [4.69, 9.17) is 15.0 Å². The summed E-state index contributed by atoms with van der Waals surface area (Å²) in [6.07, 6.45) is 0.123. The lowest BCUT2D eigenvalue weighted by atomic mass is 10.1. The van der Waals surface area contributed by atoms with Gasteiger partial charge in [0, 0.05) is 18.2 Å². The number of hydrogen-bond donors (Lipinski definition) is 5. The fourth-order valence-electron chi connectivity index (χ4n) is 4.79. The van der Waals surface area contributed by atoms with Crippen molar-refractivity contribution in [1.29, 1.82) is 0 Å². The van der Waals surface area contributed by atoms with Crippen LogP contribution in [0.15, 0.2) is 36.5 Å². The quantitative estimate of drug-likeness (QED) is 0.227. The number of hydrogen-bond acceptors (Lipinski definition) is 10. The van der Waals surface area contributed by atoms with Crippen molar-refractivity contribution in [3.05, 3.63) is 59.0 Å². The molecule has 0 spiro atoms. The number of halogens is 1. The standard InChI is InChI=1S/C27H32N6O3S.ClH/c1-13-5-7-17(8-6-13)15(3)29-27-30-16(4)22(26-32-20-11-28-14(2)9-21(20)37-26)25(33-27)31-19-10-18(12-34)23(35)24(19)36;/h5-9,11,15,18-19,23-24,34-36H,10,12H2,1-4H3,(H2,29,30,31,33);1H/t15-,18-,19-,23-,24+;/m1./s1. The minimum atomic E-state index is -1.04. The molecule has 4 aromatic rings. The average Bonchev–Trinajstić information content (AvgIpc) is 3.39. The molecule has 0 aliphatic heterocycles. The number of thiazole rings is 1. The number of pyridine rings is 1. The normalized spacial score (nSPS) is 21.8. The summed E-state index contributed by atoms with van der Waals surface area (Å²) < 4.78 is 1.01. The Kier molecular flexibility index (Phi) is 8.49. The van der Waals surface area contributed by atoms with Gasteiger partial charge in [0.05, 0.1) is 40.3 Å². The Morgan fingerprint density at radius 3 is 2.47 bits per heavy atom. The van der Waals surface area contributed by atoms with Crippen LogP contribution in [-0.4, -0.2) is 60.1 Å². The fourth-order valence-corrected chi connectivity index (χ4v) is 5.92. The molecule has 5 rings (SSSR count). The van der Waals surface area contributed by atoms with Gasteiger partial charge in [0.1, 0.15) is 22.4 Å². The summed E-state index contributed by atoms with van der Waals surface area (Å²) >= 11 is 1.53. The zero-order chi connectivity index (χ0) is 26.3. The summed E-state index contributed by atoms with van der Waals surface area (Å²) in [5, 5.41) is 38.2. The maximum atomic E-state index is 10.7. The van der Waals surface area contributed by atoms with Gasteiger partial charge in [0.25, 0.3) is 0 Å². The van der Waals surface area contributed by atoms with Gasteiger partial charge in [-0.25, -0.2) is 9.97 Å². The van der Waals surface area contributed by atoms with Crippen LogP contribution < -0.4 is 10.6 Å². The van der Waals surface area contributed by atoms with Crippen molar-refractivity contribution in [3.63, 3.8) is 0 Å². The van der Waals surface area contributed by atoms with E-state index in [9.17, 15) is 15.3 Å². The third kappa shape index (κ3) is 5.60. The second kappa shape index (κ2) is 11.5. The molecular formula is C27H33ClN6O3S. The van der Waals surface area contributed by atoms with E-state index in [0.29, 0.717) is 18.2 Å². The second-order valence-corrected chi connectivity index (χ2v) is 10.9. The van der Waals surface area contributed by atoms with Crippen LogP contribution >= 0.6 is 23.7 Å². The van der Waals surface area contributed by atoms with Gasteiger partial charge < -0.3 is 26.0 Å². The summed E-state index contributed by atoms with van der Waals surface area (Å²) in [6.45, 7) is 7.77. The molecule has 1 fully saturated rings. The smallest absolute Gasteiger partial charge is 0.225 e. The number of benzene rings is 1. The molecule has 0 bridgehead atoms. The maximum absolute atomic E-state index is 10.7. The molecule has 0 saturated heterocycles. The van der Waals surface area contributed by atoms with Crippen LogP contribution in [0.3, 0.4) is 0 Å². The molecule has 0 radical (unpaired) electrons. The van der Waals surface area contributed by atoms with Crippen LogP contribution in [0.2, 0.25) is 0 Å². The number of anilines is 2. The predicted octanol–water partition coefficient (Wildman–Crippen LogP) is 4.18. The molecule has 3 heterocycles. The summed E-state index contributed by atoms with van der Waals surface area (Å²) in [7, 11) is 0. The average molecular weight is 557 g/mol. The van der Waals surface area contributed by atoms with Gasteiger partial charge in [-0.15, -0.1) is 23.7 Å². The third-order valence-corrected chi connectivity index (χ3v) is 8.03. The molecule has 5 atom stereocenters. The topological polar surface area (TPSA) is 136 Å². The van der Waals surface area contributed by atoms with Crippen LogP contribution in [0.4, 0.5) is 11.8 Å². The number of aromatic nitrogens is 4. The first-order chi connectivity index (χ1) is 17.7. The zero-order valence-corrected chi connectivity index (χ0v) is 23.3. The Morgan fingerprint density at radius 1 is 1.05 bits per heavy atom. The van der Waals surface area contributed by atoms with Crippen molar-refractivity contribution in [2.24, 2.45) is 5.92 Å². The molecule has 5 N–H and O–H groups in total.